The molecular formula is C33H43BrN2O7. The third kappa shape index (κ3) is 9.32. The van der Waals surface area contributed by atoms with Crippen LogP contribution in [0.1, 0.15) is 48.2 Å². The number of phenolic OH excluding ortho intramolecular Hbond substituents is 1. The number of hydrogen-bond donors (Lipinski definition) is 1. The number of likely N-dealkylation sites (N-methyl/N-ethyl adjacent to an activating group) is 1. The highest BCUT2D eigenvalue weighted by molar-refractivity contribution is 6.11. The molecule has 2 aromatic carbocycles. The Morgan fingerprint density at radius 3 is 2.49 bits per heavy atom. The van der Waals surface area contributed by atoms with Crippen LogP contribution in [0.25, 0.3) is 12.2 Å². The van der Waals surface area contributed by atoms with Crippen molar-refractivity contribution in [2.24, 2.45) is 0 Å². The molecule has 0 unspecified atom stereocenters. The van der Waals surface area contributed by atoms with E-state index in [0.717, 1.165) is 30.7 Å². The maximum atomic E-state index is 13.1. The van der Waals surface area contributed by atoms with Crippen molar-refractivity contribution in [2.75, 3.05) is 67.2 Å². The van der Waals surface area contributed by atoms with Crippen LogP contribution in [0.2, 0.25) is 0 Å². The van der Waals surface area contributed by atoms with Gasteiger partial charge in [-0.15, -0.1) is 0 Å². The zero-order valence-corrected chi connectivity index (χ0v) is 27.3. The average molecular weight is 660 g/mol. The Labute approximate surface area is 265 Å². The largest absolute Gasteiger partial charge is 1.00 e. The minimum atomic E-state index is -0.521. The number of nitrogens with zero attached hydrogens (tertiary/aromatic N) is 2. The lowest BCUT2D eigenvalue weighted by Crippen LogP contribution is -3.00. The zero-order chi connectivity index (χ0) is 30.3. The zero-order valence-electron chi connectivity index (χ0n) is 25.7. The van der Waals surface area contributed by atoms with Crippen LogP contribution in [0.5, 0.6) is 23.0 Å². The maximum absolute atomic E-state index is 13.1. The van der Waals surface area contributed by atoms with E-state index in [-0.39, 0.29) is 45.7 Å². The van der Waals surface area contributed by atoms with Gasteiger partial charge in [0.15, 0.2) is 12.3 Å². The van der Waals surface area contributed by atoms with Gasteiger partial charge in [0, 0.05) is 19.2 Å². The van der Waals surface area contributed by atoms with E-state index in [9.17, 15) is 14.7 Å². The summed E-state index contributed by atoms with van der Waals surface area (Å²) in [5, 5.41) is 10.9. The fourth-order valence-electron chi connectivity index (χ4n) is 5.00. The van der Waals surface area contributed by atoms with Crippen LogP contribution in [0, 0.1) is 0 Å². The molecule has 2 aromatic rings. The van der Waals surface area contributed by atoms with Crippen molar-refractivity contribution in [1.82, 2.24) is 4.90 Å². The van der Waals surface area contributed by atoms with E-state index < -0.39 is 5.60 Å². The Hall–Kier alpha value is -3.34. The van der Waals surface area contributed by atoms with Crippen molar-refractivity contribution in [1.29, 1.82) is 0 Å². The number of carbonyl (C=O) groups excluding carboxylic acids is 2. The van der Waals surface area contributed by atoms with E-state index in [2.05, 4.69) is 14.1 Å². The highest BCUT2D eigenvalue weighted by atomic mass is 79.9. The number of phenols is 1. The molecule has 43 heavy (non-hydrogen) atoms. The molecule has 1 saturated heterocycles. The normalized spacial score (nSPS) is 15.8. The molecule has 1 N–H and O–H groups in total. The number of morpholine rings is 1. The van der Waals surface area contributed by atoms with E-state index in [4.69, 9.17) is 18.9 Å². The van der Waals surface area contributed by atoms with Crippen molar-refractivity contribution in [3.8, 4) is 23.0 Å². The second kappa shape index (κ2) is 14.9. The molecule has 10 heteroatoms. The minimum absolute atomic E-state index is 0. The molecular weight excluding hydrogens is 616 g/mol. The lowest BCUT2D eigenvalue weighted by atomic mass is 9.97. The second-order valence-electron chi connectivity index (χ2n) is 11.9. The molecule has 1 fully saturated rings. The van der Waals surface area contributed by atoms with Crippen molar-refractivity contribution in [3.05, 3.63) is 59.2 Å². The summed E-state index contributed by atoms with van der Waals surface area (Å²) in [5.41, 5.74) is 0.846. The number of carbonyl (C=O) groups is 2. The smallest absolute Gasteiger partial charge is 0.277 e. The van der Waals surface area contributed by atoms with Gasteiger partial charge in [-0.2, -0.15) is 0 Å². The lowest BCUT2D eigenvalue weighted by molar-refractivity contribution is -0.883. The van der Waals surface area contributed by atoms with Gasteiger partial charge in [-0.05, 0) is 62.6 Å². The molecule has 0 aromatic heterocycles. The molecule has 1 amide bonds. The minimum Gasteiger partial charge on any atom is -1.00 e. The number of fused-ring (bicyclic) bond motifs is 1. The van der Waals surface area contributed by atoms with Crippen LogP contribution in [0.15, 0.2) is 42.5 Å². The van der Waals surface area contributed by atoms with Gasteiger partial charge in [-0.1, -0.05) is 18.2 Å². The first-order valence-electron chi connectivity index (χ1n) is 14.4. The number of rotatable bonds is 12. The molecule has 2 aliphatic rings. The Morgan fingerprint density at radius 1 is 1.12 bits per heavy atom. The Kier molecular flexibility index (Phi) is 11.8. The Balaban J connectivity index is 0.00000506. The highest BCUT2D eigenvalue weighted by Crippen LogP contribution is 2.43. The third-order valence-electron chi connectivity index (χ3n) is 7.42. The molecule has 0 spiro atoms. The number of halogens is 1. The van der Waals surface area contributed by atoms with Crippen LogP contribution >= 0.6 is 0 Å². The van der Waals surface area contributed by atoms with Gasteiger partial charge >= 0.3 is 0 Å². The summed E-state index contributed by atoms with van der Waals surface area (Å²) in [6, 6.07) is 9.12. The molecule has 0 aliphatic carbocycles. The predicted octanol–water partition coefficient (Wildman–Crippen LogP) is 1.58. The second-order valence-corrected chi connectivity index (χ2v) is 11.9. The molecule has 0 bridgehead atoms. The molecule has 2 heterocycles. The molecule has 0 radical (unpaired) electrons. The van der Waals surface area contributed by atoms with Gasteiger partial charge in [-0.3, -0.25) is 9.59 Å². The van der Waals surface area contributed by atoms with Crippen molar-refractivity contribution in [3.63, 3.8) is 0 Å². The third-order valence-corrected chi connectivity index (χ3v) is 7.42. The standard InChI is InChI=1S/C33H42N2O7.BrH/c1-33(2)15-14-26-28(42-33)22-29(39-5)31(32(26)38)27(36)13-10-24-8-11-25(12-9-24)41-19-7-6-18-35(3,4)23-30(37)34-16-20-40-21-17-34;/h8-15,22H,6-7,16-21,23H2,1-5H3;1H/b13-10+;. The molecule has 0 atom stereocenters. The van der Waals surface area contributed by atoms with E-state index in [1.54, 1.807) is 18.2 Å². The quantitative estimate of drug-likeness (QED) is 0.160. The number of allylic oxidation sites excluding steroid dienone is 1. The van der Waals surface area contributed by atoms with E-state index >= 15 is 0 Å². The fraction of sp³-hybridized carbons (Fsp3) is 0.455. The van der Waals surface area contributed by atoms with Crippen LogP contribution in [0.4, 0.5) is 0 Å². The summed E-state index contributed by atoms with van der Waals surface area (Å²) in [4.78, 5) is 27.5. The molecule has 2 aliphatic heterocycles. The number of hydrogen-bond acceptors (Lipinski definition) is 7. The van der Waals surface area contributed by atoms with Crippen molar-refractivity contribution >= 4 is 23.8 Å². The van der Waals surface area contributed by atoms with Gasteiger partial charge in [0.05, 0.1) is 53.1 Å². The Bertz CT molecular complexity index is 1330. The molecule has 0 saturated carbocycles. The van der Waals surface area contributed by atoms with Gasteiger partial charge in [0.2, 0.25) is 0 Å². The van der Waals surface area contributed by atoms with Crippen molar-refractivity contribution < 1.29 is 55.1 Å². The molecule has 9 nitrogen and oxygen atoms in total. The number of aromatic hydroxyl groups is 1. The summed E-state index contributed by atoms with van der Waals surface area (Å²) < 4.78 is 23.2. The first kappa shape index (κ1) is 34.2. The van der Waals surface area contributed by atoms with E-state index in [1.807, 2.05) is 49.1 Å². The number of ether oxygens (including phenoxy) is 4. The molecule has 234 valence electrons. The number of benzene rings is 2. The number of ketones is 1. The number of methoxy groups -OCH3 is 1. The lowest BCUT2D eigenvalue weighted by Gasteiger charge is -2.33. The van der Waals surface area contributed by atoms with Crippen LogP contribution in [-0.2, 0) is 9.53 Å². The summed E-state index contributed by atoms with van der Waals surface area (Å²) in [7, 11) is 5.63. The maximum Gasteiger partial charge on any atom is 0.277 e. The topological polar surface area (TPSA) is 94.5 Å². The summed E-state index contributed by atoms with van der Waals surface area (Å²) >= 11 is 0. The first-order valence-corrected chi connectivity index (χ1v) is 14.4. The highest BCUT2D eigenvalue weighted by Gasteiger charge is 2.29. The Morgan fingerprint density at radius 2 is 1.81 bits per heavy atom. The van der Waals surface area contributed by atoms with Crippen LogP contribution < -0.4 is 31.2 Å². The fourth-order valence-corrected chi connectivity index (χ4v) is 5.00. The first-order chi connectivity index (χ1) is 20.0. The van der Waals surface area contributed by atoms with E-state index in [0.29, 0.717) is 55.3 Å². The molecule has 4 rings (SSSR count). The monoisotopic (exact) mass is 658 g/mol. The summed E-state index contributed by atoms with van der Waals surface area (Å²) in [6.45, 7) is 8.37. The summed E-state index contributed by atoms with van der Waals surface area (Å²) in [5.74, 6) is 1.11. The van der Waals surface area contributed by atoms with Gasteiger partial charge in [-0.25, -0.2) is 0 Å². The SMILES string of the molecule is COc1cc2c(c(O)c1C(=O)/C=C/c1ccc(OCCCC[N+](C)(C)CC(=O)N3CCOCC3)cc1)C=CC(C)(C)O2.[Br-]. The number of unbranched alkanes of at least 4 members (excludes halogenated alkanes) is 1. The number of quaternary nitrogens is 1. The van der Waals surface area contributed by atoms with E-state index in [1.165, 1.54) is 13.2 Å². The average Bonchev–Trinajstić information content (AvgIpc) is 2.95. The number of amides is 1. The van der Waals surface area contributed by atoms with Crippen LogP contribution in [-0.4, -0.2) is 99.0 Å². The predicted molar refractivity (Wildman–Crippen MR) is 162 cm³/mol. The van der Waals surface area contributed by atoms with Gasteiger partial charge in [0.25, 0.3) is 5.91 Å². The summed E-state index contributed by atoms with van der Waals surface area (Å²) in [6.07, 6.45) is 8.54. The van der Waals surface area contributed by atoms with Crippen molar-refractivity contribution in [2.45, 2.75) is 32.3 Å². The van der Waals surface area contributed by atoms with Gasteiger partial charge < -0.3 is 50.4 Å². The van der Waals surface area contributed by atoms with Gasteiger partial charge in [0.1, 0.15) is 34.2 Å². The van der Waals surface area contributed by atoms with Crippen LogP contribution in [0.3, 0.4) is 0 Å².